The average Bonchev–Trinajstić information content (AvgIpc) is 2.40. The second-order valence-electron chi connectivity index (χ2n) is 4.03. The Balaban J connectivity index is 2.56. The highest BCUT2D eigenvalue weighted by Crippen LogP contribution is 2.24. The highest BCUT2D eigenvalue weighted by Gasteiger charge is 2.10. The first-order chi connectivity index (χ1) is 9.47. The van der Waals surface area contributed by atoms with E-state index >= 15 is 0 Å². The van der Waals surface area contributed by atoms with Crippen LogP contribution >= 0.6 is 11.6 Å². The summed E-state index contributed by atoms with van der Waals surface area (Å²) in [6.07, 6.45) is 4.24. The predicted octanol–water partition coefficient (Wildman–Crippen LogP) is 2.41. The van der Waals surface area contributed by atoms with E-state index in [2.05, 4.69) is 0 Å². The third kappa shape index (κ3) is 3.07. The zero-order valence-electron chi connectivity index (χ0n) is 10.2. The van der Waals surface area contributed by atoms with Crippen LogP contribution in [-0.2, 0) is 4.79 Å². The van der Waals surface area contributed by atoms with Gasteiger partial charge in [-0.25, -0.2) is 4.79 Å². The van der Waals surface area contributed by atoms with Crippen molar-refractivity contribution in [3.63, 3.8) is 0 Å². The molecule has 0 bridgehead atoms. The van der Waals surface area contributed by atoms with Gasteiger partial charge in [-0.1, -0.05) is 11.6 Å². The van der Waals surface area contributed by atoms with Crippen molar-refractivity contribution in [1.82, 2.24) is 4.57 Å². The number of rotatable bonds is 3. The highest BCUT2D eigenvalue weighted by atomic mass is 35.5. The number of aliphatic carboxylic acids is 1. The van der Waals surface area contributed by atoms with Crippen molar-refractivity contribution < 1.29 is 15.0 Å². The van der Waals surface area contributed by atoms with E-state index in [0.717, 1.165) is 0 Å². The van der Waals surface area contributed by atoms with Crippen molar-refractivity contribution >= 4 is 29.3 Å². The number of carbonyl (C=O) groups is 1. The summed E-state index contributed by atoms with van der Waals surface area (Å²) in [6.45, 7) is 0. The lowest BCUT2D eigenvalue weighted by Crippen LogP contribution is -2.10. The number of phenols is 1. The van der Waals surface area contributed by atoms with Crippen LogP contribution in [0.4, 0.5) is 0 Å². The van der Waals surface area contributed by atoms with Gasteiger partial charge < -0.3 is 20.2 Å². The van der Waals surface area contributed by atoms with Crippen LogP contribution in [0.3, 0.4) is 0 Å². The third-order valence-electron chi connectivity index (χ3n) is 2.61. The first kappa shape index (κ1) is 13.9. The van der Waals surface area contributed by atoms with E-state index in [9.17, 15) is 15.0 Å². The van der Waals surface area contributed by atoms with Crippen LogP contribution < -0.4 is 5.36 Å². The number of aromatic hydroxyl groups is 1. The van der Waals surface area contributed by atoms with Gasteiger partial charge in [-0.05, 0) is 36.4 Å². The van der Waals surface area contributed by atoms with E-state index in [1.165, 1.54) is 53.4 Å². The molecular formula is C14H11ClN2O3. The Morgan fingerprint density at radius 2 is 1.90 bits per heavy atom. The molecule has 1 aromatic carbocycles. The van der Waals surface area contributed by atoms with Crippen molar-refractivity contribution in [2.24, 2.45) is 0 Å². The molecule has 2 rings (SSSR count). The number of phenolic OH excluding ortho intramolecular Hbond substituents is 1. The van der Waals surface area contributed by atoms with E-state index in [1.54, 1.807) is 0 Å². The van der Waals surface area contributed by atoms with Gasteiger partial charge in [0.25, 0.3) is 0 Å². The van der Waals surface area contributed by atoms with Crippen molar-refractivity contribution in [2.45, 2.75) is 0 Å². The molecule has 102 valence electrons. The van der Waals surface area contributed by atoms with Gasteiger partial charge in [0, 0.05) is 23.0 Å². The predicted molar refractivity (Wildman–Crippen MR) is 75.2 cm³/mol. The van der Waals surface area contributed by atoms with Crippen molar-refractivity contribution in [2.75, 3.05) is 0 Å². The van der Waals surface area contributed by atoms with E-state index in [1.807, 2.05) is 0 Å². The lowest BCUT2D eigenvalue weighted by Gasteiger charge is -2.08. The van der Waals surface area contributed by atoms with Crippen molar-refractivity contribution in [3.8, 4) is 5.75 Å². The Morgan fingerprint density at radius 3 is 2.50 bits per heavy atom. The van der Waals surface area contributed by atoms with Gasteiger partial charge in [-0.15, -0.1) is 0 Å². The van der Waals surface area contributed by atoms with Gasteiger partial charge >= 0.3 is 5.97 Å². The SMILES string of the molecule is N=c1ccn(C(=Cc2cc(Cl)ccc2O)C(=O)O)cc1. The second-order valence-corrected chi connectivity index (χ2v) is 4.47. The maximum Gasteiger partial charge on any atom is 0.352 e. The van der Waals surface area contributed by atoms with Crippen LogP contribution in [-0.4, -0.2) is 20.7 Å². The van der Waals surface area contributed by atoms with E-state index in [4.69, 9.17) is 17.0 Å². The summed E-state index contributed by atoms with van der Waals surface area (Å²) in [5.41, 5.74) is 0.236. The lowest BCUT2D eigenvalue weighted by molar-refractivity contribution is -0.130. The summed E-state index contributed by atoms with van der Waals surface area (Å²) >= 11 is 5.83. The standard InChI is InChI=1S/C14H11ClN2O3/c15-10-1-2-13(18)9(7-10)8-12(14(19)20)17-5-3-11(16)4-6-17/h1-8,16,18H,(H,19,20). The molecule has 0 saturated heterocycles. The molecule has 1 aromatic heterocycles. The molecule has 0 aliphatic carbocycles. The van der Waals surface area contributed by atoms with Gasteiger partial charge in [0.2, 0.25) is 0 Å². The van der Waals surface area contributed by atoms with Crippen LogP contribution in [0.25, 0.3) is 11.8 Å². The van der Waals surface area contributed by atoms with Gasteiger partial charge in [-0.3, -0.25) is 0 Å². The van der Waals surface area contributed by atoms with Gasteiger partial charge in [-0.2, -0.15) is 0 Å². The molecule has 0 fully saturated rings. The number of nitrogens with zero attached hydrogens (tertiary/aromatic N) is 1. The van der Waals surface area contributed by atoms with E-state index in [0.29, 0.717) is 10.6 Å². The summed E-state index contributed by atoms with van der Waals surface area (Å²) in [6, 6.07) is 7.31. The quantitative estimate of drug-likeness (QED) is 0.759. The minimum atomic E-state index is -1.16. The van der Waals surface area contributed by atoms with Crippen LogP contribution in [0.1, 0.15) is 5.56 Å². The molecule has 6 heteroatoms. The Labute approximate surface area is 119 Å². The zero-order chi connectivity index (χ0) is 14.7. The minimum Gasteiger partial charge on any atom is -0.507 e. The Bertz CT molecular complexity index is 730. The normalized spacial score (nSPS) is 11.3. The van der Waals surface area contributed by atoms with Crippen molar-refractivity contribution in [3.05, 3.63) is 58.7 Å². The summed E-state index contributed by atoms with van der Waals surface area (Å²) in [5.74, 6) is -1.22. The number of halogens is 1. The smallest absolute Gasteiger partial charge is 0.352 e. The molecule has 0 aliphatic rings. The van der Waals surface area contributed by atoms with Gasteiger partial charge in [0.05, 0.1) is 5.36 Å². The first-order valence-corrected chi connectivity index (χ1v) is 6.02. The number of hydrogen-bond acceptors (Lipinski definition) is 3. The molecule has 0 aliphatic heterocycles. The average molecular weight is 291 g/mol. The lowest BCUT2D eigenvalue weighted by atomic mass is 10.1. The van der Waals surface area contributed by atoms with Crippen molar-refractivity contribution in [1.29, 1.82) is 5.41 Å². The van der Waals surface area contributed by atoms with Crippen LogP contribution in [0.5, 0.6) is 5.75 Å². The molecule has 3 N–H and O–H groups in total. The monoisotopic (exact) mass is 290 g/mol. The molecule has 0 saturated carbocycles. The van der Waals surface area contributed by atoms with E-state index in [-0.39, 0.29) is 16.8 Å². The molecule has 2 aromatic rings. The third-order valence-corrected chi connectivity index (χ3v) is 2.84. The largest absolute Gasteiger partial charge is 0.507 e. The molecule has 1 heterocycles. The summed E-state index contributed by atoms with van der Waals surface area (Å²) in [5, 5.41) is 27.0. The topological polar surface area (TPSA) is 86.3 Å². The molecule has 0 amide bonds. The van der Waals surface area contributed by atoms with Crippen LogP contribution in [0.15, 0.2) is 42.7 Å². The summed E-state index contributed by atoms with van der Waals surface area (Å²) in [4.78, 5) is 11.3. The first-order valence-electron chi connectivity index (χ1n) is 5.64. The fourth-order valence-corrected chi connectivity index (χ4v) is 1.80. The Hall–Kier alpha value is -2.53. The van der Waals surface area contributed by atoms with Crippen LogP contribution in [0, 0.1) is 5.41 Å². The number of nitrogens with one attached hydrogen (secondary N) is 1. The second kappa shape index (κ2) is 5.63. The molecule has 0 atom stereocenters. The number of benzene rings is 1. The summed E-state index contributed by atoms with van der Waals surface area (Å²) in [7, 11) is 0. The fraction of sp³-hybridized carbons (Fsp3) is 0. The number of pyridine rings is 1. The molecule has 5 nitrogen and oxygen atoms in total. The molecule has 0 unspecified atom stereocenters. The fourth-order valence-electron chi connectivity index (χ4n) is 1.62. The minimum absolute atomic E-state index is 0.0640. The van der Waals surface area contributed by atoms with Crippen LogP contribution in [0.2, 0.25) is 5.02 Å². The zero-order valence-corrected chi connectivity index (χ0v) is 11.0. The van der Waals surface area contributed by atoms with E-state index < -0.39 is 5.97 Å². The van der Waals surface area contributed by atoms with Gasteiger partial charge in [0.15, 0.2) is 0 Å². The number of hydrogen-bond donors (Lipinski definition) is 3. The number of carboxylic acids is 1. The molecule has 0 spiro atoms. The Morgan fingerprint density at radius 1 is 1.25 bits per heavy atom. The highest BCUT2D eigenvalue weighted by molar-refractivity contribution is 6.30. The summed E-state index contributed by atoms with van der Waals surface area (Å²) < 4.78 is 1.35. The maximum absolute atomic E-state index is 11.3. The number of aromatic nitrogens is 1. The molecule has 20 heavy (non-hydrogen) atoms. The Kier molecular flexibility index (Phi) is 3.91. The van der Waals surface area contributed by atoms with Gasteiger partial charge in [0.1, 0.15) is 11.4 Å². The number of carboxylic acid groups (broad SMARTS) is 1. The maximum atomic E-state index is 11.3. The molecular weight excluding hydrogens is 280 g/mol. The molecule has 0 radical (unpaired) electrons.